The van der Waals surface area contributed by atoms with E-state index in [0.29, 0.717) is 0 Å². The first-order valence-electron chi connectivity index (χ1n) is 10.6. The summed E-state index contributed by atoms with van der Waals surface area (Å²) in [6, 6.07) is 4.29. The number of carboxylic acid groups (broad SMARTS) is 1. The number of hydrogen-bond acceptors (Lipinski definition) is 8. The molecule has 1 aliphatic rings. The number of hydrogen-bond donors (Lipinski definition) is 3. The standard InChI is InChI=1S/C21H25BCl2N2O9/c1-11(2)6-15(22-34-18(29)9-21(35-22,20(31)32)8-17(28)33-3)26-16(27)10-25-19(30)13-7-12(23)4-5-14(13)24/h4-5,7,11,15H,6,8-10H2,1-3H3,(H,25,30)(H,26,27)(H,31,32)/t15-,21?/m0/s1. The first-order valence-corrected chi connectivity index (χ1v) is 11.3. The van der Waals surface area contributed by atoms with E-state index in [-0.39, 0.29) is 27.9 Å². The van der Waals surface area contributed by atoms with Crippen molar-refractivity contribution in [2.24, 2.45) is 5.92 Å². The maximum Gasteiger partial charge on any atom is 0.552 e. The molecule has 1 unspecified atom stereocenters. The third-order valence-electron chi connectivity index (χ3n) is 5.05. The lowest BCUT2D eigenvalue weighted by Crippen LogP contribution is -2.61. The maximum absolute atomic E-state index is 12.6. The van der Waals surface area contributed by atoms with Gasteiger partial charge in [0.05, 0.1) is 43.0 Å². The summed E-state index contributed by atoms with van der Waals surface area (Å²) in [5.74, 6) is -5.69. The van der Waals surface area contributed by atoms with Crippen LogP contribution in [0.4, 0.5) is 0 Å². The average Bonchev–Trinajstić information content (AvgIpc) is 2.77. The minimum absolute atomic E-state index is 0.0378. The first kappa shape index (κ1) is 28.4. The summed E-state index contributed by atoms with van der Waals surface area (Å²) in [4.78, 5) is 61.0. The molecule has 1 aromatic rings. The van der Waals surface area contributed by atoms with Crippen LogP contribution in [0.15, 0.2) is 18.2 Å². The Morgan fingerprint density at radius 1 is 1.26 bits per heavy atom. The predicted molar refractivity (Wildman–Crippen MR) is 125 cm³/mol. The zero-order chi connectivity index (χ0) is 26.3. The Morgan fingerprint density at radius 2 is 1.94 bits per heavy atom. The van der Waals surface area contributed by atoms with Gasteiger partial charge in [0.15, 0.2) is 5.60 Å². The summed E-state index contributed by atoms with van der Waals surface area (Å²) < 4.78 is 15.3. The van der Waals surface area contributed by atoms with Crippen molar-refractivity contribution in [3.8, 4) is 0 Å². The van der Waals surface area contributed by atoms with Crippen LogP contribution in [0.2, 0.25) is 10.0 Å². The quantitative estimate of drug-likeness (QED) is 0.302. The molecule has 2 rings (SSSR count). The Kier molecular flexibility index (Phi) is 9.93. The van der Waals surface area contributed by atoms with Crippen LogP contribution < -0.4 is 10.6 Å². The Morgan fingerprint density at radius 3 is 2.54 bits per heavy atom. The van der Waals surface area contributed by atoms with Gasteiger partial charge in [0.1, 0.15) is 0 Å². The maximum atomic E-state index is 12.6. The number of methoxy groups -OCH3 is 1. The molecule has 14 heteroatoms. The van der Waals surface area contributed by atoms with Gasteiger partial charge >= 0.3 is 19.1 Å². The Labute approximate surface area is 211 Å². The first-order chi connectivity index (χ1) is 16.4. The van der Waals surface area contributed by atoms with E-state index >= 15 is 0 Å². The van der Waals surface area contributed by atoms with E-state index in [0.717, 1.165) is 7.11 Å². The summed E-state index contributed by atoms with van der Waals surface area (Å²) in [6.07, 6.45) is -1.22. The number of carboxylic acids is 1. The SMILES string of the molecule is COC(=O)CC1(C(=O)O)CC(=O)OB([C@H](CC(C)C)NC(=O)CNC(=O)c2cc(Cl)ccc2Cl)O1. The lowest BCUT2D eigenvalue weighted by molar-refractivity contribution is -0.175. The fraction of sp³-hybridized carbons (Fsp3) is 0.476. The third-order valence-corrected chi connectivity index (χ3v) is 5.61. The van der Waals surface area contributed by atoms with E-state index in [1.54, 1.807) is 0 Å². The van der Waals surface area contributed by atoms with Gasteiger partial charge in [0.2, 0.25) is 5.91 Å². The van der Waals surface area contributed by atoms with Gasteiger partial charge in [-0.05, 0) is 30.5 Å². The Hall–Kier alpha value is -2.83. The molecule has 1 saturated heterocycles. The summed E-state index contributed by atoms with van der Waals surface area (Å²) in [5.41, 5.74) is -2.14. The molecule has 1 fully saturated rings. The van der Waals surface area contributed by atoms with Gasteiger partial charge in [0.25, 0.3) is 11.9 Å². The van der Waals surface area contributed by atoms with Gasteiger partial charge in [-0.1, -0.05) is 37.0 Å². The van der Waals surface area contributed by atoms with Crippen LogP contribution in [0.5, 0.6) is 0 Å². The number of rotatable bonds is 10. The number of carbonyl (C=O) groups excluding carboxylic acids is 4. The number of amides is 2. The monoisotopic (exact) mass is 530 g/mol. The smallest absolute Gasteiger partial charge is 0.508 e. The molecule has 1 aliphatic heterocycles. The largest absolute Gasteiger partial charge is 0.552 e. The van der Waals surface area contributed by atoms with Crippen LogP contribution in [0.1, 0.15) is 43.5 Å². The molecular weight excluding hydrogens is 506 g/mol. The second-order valence-electron chi connectivity index (χ2n) is 8.32. The second kappa shape index (κ2) is 12.2. The van der Waals surface area contributed by atoms with Crippen molar-refractivity contribution < 1.29 is 43.1 Å². The van der Waals surface area contributed by atoms with Crippen molar-refractivity contribution in [3.63, 3.8) is 0 Å². The van der Waals surface area contributed by atoms with Crippen LogP contribution >= 0.6 is 23.2 Å². The molecule has 0 spiro atoms. The molecule has 1 heterocycles. The van der Waals surface area contributed by atoms with Crippen LogP contribution in [0.3, 0.4) is 0 Å². The minimum Gasteiger partial charge on any atom is -0.508 e. The fourth-order valence-corrected chi connectivity index (χ4v) is 3.77. The van der Waals surface area contributed by atoms with E-state index in [1.807, 2.05) is 13.8 Å². The molecular formula is C21H25BCl2N2O9. The minimum atomic E-state index is -2.22. The van der Waals surface area contributed by atoms with E-state index in [1.165, 1.54) is 18.2 Å². The Balaban J connectivity index is 2.15. The van der Waals surface area contributed by atoms with Crippen LogP contribution in [0, 0.1) is 5.92 Å². The molecule has 2 atom stereocenters. The number of aliphatic carboxylic acids is 1. The normalized spacial score (nSPS) is 18.5. The van der Waals surface area contributed by atoms with Crippen molar-refractivity contribution >= 4 is 60.0 Å². The van der Waals surface area contributed by atoms with Crippen molar-refractivity contribution in [2.75, 3.05) is 13.7 Å². The summed E-state index contributed by atoms with van der Waals surface area (Å²) in [7, 11) is -0.426. The predicted octanol–water partition coefficient (Wildman–Crippen LogP) is 1.63. The van der Waals surface area contributed by atoms with E-state index < -0.39 is 67.8 Å². The van der Waals surface area contributed by atoms with Crippen LogP contribution in [-0.2, 0) is 33.2 Å². The van der Waals surface area contributed by atoms with E-state index in [4.69, 9.17) is 32.5 Å². The molecule has 0 radical (unpaired) electrons. The van der Waals surface area contributed by atoms with Gasteiger partial charge in [-0.3, -0.25) is 19.2 Å². The number of ether oxygens (including phenoxy) is 1. The van der Waals surface area contributed by atoms with Crippen molar-refractivity contribution in [1.82, 2.24) is 10.6 Å². The van der Waals surface area contributed by atoms with Gasteiger partial charge < -0.3 is 29.8 Å². The van der Waals surface area contributed by atoms with Crippen molar-refractivity contribution in [1.29, 1.82) is 0 Å². The zero-order valence-electron chi connectivity index (χ0n) is 19.3. The highest BCUT2D eigenvalue weighted by Gasteiger charge is 2.54. The number of nitrogens with one attached hydrogen (secondary N) is 2. The fourth-order valence-electron chi connectivity index (χ4n) is 3.40. The number of halogens is 2. The number of esters is 1. The molecule has 190 valence electrons. The molecule has 11 nitrogen and oxygen atoms in total. The van der Waals surface area contributed by atoms with Crippen molar-refractivity contribution in [3.05, 3.63) is 33.8 Å². The third kappa shape index (κ3) is 7.84. The van der Waals surface area contributed by atoms with Crippen LogP contribution in [-0.4, -0.2) is 67.1 Å². The summed E-state index contributed by atoms with van der Waals surface area (Å²) in [6.45, 7) is 3.18. The van der Waals surface area contributed by atoms with Gasteiger partial charge in [-0.15, -0.1) is 0 Å². The summed E-state index contributed by atoms with van der Waals surface area (Å²) in [5, 5.41) is 15.1. The zero-order valence-corrected chi connectivity index (χ0v) is 20.8. The average molecular weight is 531 g/mol. The topological polar surface area (TPSA) is 157 Å². The second-order valence-corrected chi connectivity index (χ2v) is 9.16. The highest BCUT2D eigenvalue weighted by atomic mass is 35.5. The highest BCUT2D eigenvalue weighted by Crippen LogP contribution is 2.30. The molecule has 2 amide bonds. The lowest BCUT2D eigenvalue weighted by atomic mass is 9.70. The van der Waals surface area contributed by atoms with E-state index in [2.05, 4.69) is 15.4 Å². The lowest BCUT2D eigenvalue weighted by Gasteiger charge is -2.38. The molecule has 0 aliphatic carbocycles. The molecule has 35 heavy (non-hydrogen) atoms. The van der Waals surface area contributed by atoms with E-state index in [9.17, 15) is 29.1 Å². The van der Waals surface area contributed by atoms with Gasteiger partial charge in [-0.2, -0.15) is 0 Å². The molecule has 0 bridgehead atoms. The number of benzene rings is 1. The molecule has 3 N–H and O–H groups in total. The summed E-state index contributed by atoms with van der Waals surface area (Å²) >= 11 is 11.9. The number of carbonyl (C=O) groups is 5. The highest BCUT2D eigenvalue weighted by molar-refractivity contribution is 6.50. The Bertz CT molecular complexity index is 1010. The van der Waals surface area contributed by atoms with Crippen molar-refractivity contribution in [2.45, 2.75) is 44.7 Å². The van der Waals surface area contributed by atoms with Crippen LogP contribution in [0.25, 0.3) is 0 Å². The molecule has 1 aromatic carbocycles. The van der Waals surface area contributed by atoms with Gasteiger partial charge in [-0.25, -0.2) is 4.79 Å². The molecule has 0 saturated carbocycles. The van der Waals surface area contributed by atoms with Gasteiger partial charge in [0, 0.05) is 5.02 Å². The molecule has 0 aromatic heterocycles.